The fourth-order valence-corrected chi connectivity index (χ4v) is 2.11. The van der Waals surface area contributed by atoms with E-state index in [1.807, 2.05) is 6.92 Å². The number of halogens is 2. The van der Waals surface area contributed by atoms with Crippen molar-refractivity contribution in [3.63, 3.8) is 0 Å². The summed E-state index contributed by atoms with van der Waals surface area (Å²) in [5, 5.41) is 3.81. The lowest BCUT2D eigenvalue weighted by Gasteiger charge is -2.19. The van der Waals surface area contributed by atoms with Gasteiger partial charge in [-0.3, -0.25) is 0 Å². The van der Waals surface area contributed by atoms with Gasteiger partial charge in [0, 0.05) is 17.5 Å². The molecule has 1 aromatic carbocycles. The van der Waals surface area contributed by atoms with E-state index >= 15 is 0 Å². The first kappa shape index (κ1) is 14.0. The molecule has 0 spiro atoms. The van der Waals surface area contributed by atoms with Crippen molar-refractivity contribution in [3.05, 3.63) is 34.6 Å². The number of unbranched alkanes of at least 4 members (excludes halogenated alkanes) is 1. The average Bonchev–Trinajstić information content (AvgIpc) is 2.28. The van der Waals surface area contributed by atoms with Gasteiger partial charge < -0.3 is 5.32 Å². The molecule has 0 aliphatic rings. The maximum Gasteiger partial charge on any atom is 0.124 e. The smallest absolute Gasteiger partial charge is 0.124 e. The van der Waals surface area contributed by atoms with Crippen LogP contribution in [0.25, 0.3) is 0 Å². The summed E-state index contributed by atoms with van der Waals surface area (Å²) in [6, 6.07) is 4.66. The highest BCUT2D eigenvalue weighted by atomic mass is 35.5. The van der Waals surface area contributed by atoms with Gasteiger partial charge in [-0.15, -0.1) is 12.3 Å². The third-order valence-electron chi connectivity index (χ3n) is 2.60. The van der Waals surface area contributed by atoms with Crippen LogP contribution in [0.5, 0.6) is 0 Å². The van der Waals surface area contributed by atoms with E-state index in [-0.39, 0.29) is 11.9 Å². The molecule has 1 N–H and O–H groups in total. The topological polar surface area (TPSA) is 12.0 Å². The van der Waals surface area contributed by atoms with Gasteiger partial charge in [0.25, 0.3) is 0 Å². The maximum absolute atomic E-state index is 13.0. The zero-order chi connectivity index (χ0) is 12.7. The summed E-state index contributed by atoms with van der Waals surface area (Å²) in [6.07, 6.45) is 7.82. The minimum Gasteiger partial charge on any atom is -0.310 e. The Hall–Kier alpha value is -1.04. The summed E-state index contributed by atoms with van der Waals surface area (Å²) >= 11 is 6.05. The first-order valence-corrected chi connectivity index (χ1v) is 6.18. The van der Waals surface area contributed by atoms with Crippen molar-refractivity contribution in [2.24, 2.45) is 0 Å². The first-order valence-electron chi connectivity index (χ1n) is 5.80. The average molecular weight is 254 g/mol. The first-order chi connectivity index (χ1) is 8.19. The van der Waals surface area contributed by atoms with E-state index in [4.69, 9.17) is 18.0 Å². The lowest BCUT2D eigenvalue weighted by Crippen LogP contribution is -2.21. The minimum absolute atomic E-state index is 0.140. The fourth-order valence-electron chi connectivity index (χ4n) is 1.81. The molecule has 1 unspecified atom stereocenters. The van der Waals surface area contributed by atoms with E-state index < -0.39 is 0 Å². The molecule has 0 saturated carbocycles. The van der Waals surface area contributed by atoms with Crippen molar-refractivity contribution in [1.29, 1.82) is 0 Å². The summed E-state index contributed by atoms with van der Waals surface area (Å²) in [4.78, 5) is 0. The van der Waals surface area contributed by atoms with Gasteiger partial charge >= 0.3 is 0 Å². The van der Waals surface area contributed by atoms with Gasteiger partial charge in [0.05, 0.1) is 0 Å². The number of benzene rings is 1. The fraction of sp³-hybridized carbons (Fsp3) is 0.429. The molecule has 1 rings (SSSR count). The highest BCUT2D eigenvalue weighted by Crippen LogP contribution is 2.27. The molecule has 1 nitrogen and oxygen atoms in total. The molecular weight excluding hydrogens is 237 g/mol. The second kappa shape index (κ2) is 7.32. The van der Waals surface area contributed by atoms with E-state index in [1.165, 1.54) is 12.1 Å². The molecule has 0 saturated heterocycles. The van der Waals surface area contributed by atoms with Gasteiger partial charge in [0.2, 0.25) is 0 Å². The molecule has 92 valence electrons. The highest BCUT2D eigenvalue weighted by Gasteiger charge is 2.13. The van der Waals surface area contributed by atoms with E-state index in [9.17, 15) is 4.39 Å². The number of hydrogen-bond acceptors (Lipinski definition) is 1. The summed E-state index contributed by atoms with van der Waals surface area (Å²) in [7, 11) is 0. The van der Waals surface area contributed by atoms with Crippen LogP contribution in [0.2, 0.25) is 5.02 Å². The molecular formula is C14H17ClFN. The van der Waals surface area contributed by atoms with Gasteiger partial charge in [0.1, 0.15) is 5.82 Å². The Kier molecular flexibility index (Phi) is 6.04. The SMILES string of the molecule is C#CCCCC(NCC)c1ccc(F)cc1Cl. The second-order valence-corrected chi connectivity index (χ2v) is 4.28. The predicted molar refractivity (Wildman–Crippen MR) is 70.5 cm³/mol. The third kappa shape index (κ3) is 4.38. The summed E-state index contributed by atoms with van der Waals surface area (Å²) in [5.74, 6) is 2.31. The lowest BCUT2D eigenvalue weighted by atomic mass is 10.0. The molecule has 17 heavy (non-hydrogen) atoms. The van der Waals surface area contributed by atoms with Crippen molar-refractivity contribution >= 4 is 11.6 Å². The van der Waals surface area contributed by atoms with Crippen LogP contribution in [-0.2, 0) is 0 Å². The van der Waals surface area contributed by atoms with Crippen LogP contribution in [0.15, 0.2) is 18.2 Å². The second-order valence-electron chi connectivity index (χ2n) is 3.87. The zero-order valence-corrected chi connectivity index (χ0v) is 10.7. The number of terminal acetylenes is 1. The van der Waals surface area contributed by atoms with Gasteiger partial charge in [-0.05, 0) is 37.1 Å². The lowest BCUT2D eigenvalue weighted by molar-refractivity contribution is 0.501. The van der Waals surface area contributed by atoms with Crippen molar-refractivity contribution in [1.82, 2.24) is 5.32 Å². The Balaban J connectivity index is 2.78. The van der Waals surface area contributed by atoms with Crippen LogP contribution >= 0.6 is 11.6 Å². The number of hydrogen-bond donors (Lipinski definition) is 1. The molecule has 1 atom stereocenters. The van der Waals surface area contributed by atoms with Gasteiger partial charge in [-0.1, -0.05) is 24.6 Å². The Bertz CT molecular complexity index is 398. The largest absolute Gasteiger partial charge is 0.310 e. The molecule has 0 bridgehead atoms. The molecule has 0 amide bonds. The van der Waals surface area contributed by atoms with Crippen LogP contribution in [0.4, 0.5) is 4.39 Å². The van der Waals surface area contributed by atoms with Crippen LogP contribution in [0.1, 0.15) is 37.8 Å². The summed E-state index contributed by atoms with van der Waals surface area (Å²) in [6.45, 7) is 2.88. The van der Waals surface area contributed by atoms with E-state index in [0.29, 0.717) is 5.02 Å². The van der Waals surface area contributed by atoms with Crippen molar-refractivity contribution in [2.75, 3.05) is 6.54 Å². The Morgan fingerprint density at radius 2 is 2.29 bits per heavy atom. The van der Waals surface area contributed by atoms with Crippen LogP contribution in [-0.4, -0.2) is 6.54 Å². The number of nitrogens with one attached hydrogen (secondary N) is 1. The summed E-state index contributed by atoms with van der Waals surface area (Å²) in [5.41, 5.74) is 0.937. The van der Waals surface area contributed by atoms with E-state index in [2.05, 4.69) is 11.2 Å². The molecule has 0 aliphatic heterocycles. The van der Waals surface area contributed by atoms with Gasteiger partial charge in [0.15, 0.2) is 0 Å². The Morgan fingerprint density at radius 1 is 1.53 bits per heavy atom. The summed E-state index contributed by atoms with van der Waals surface area (Å²) < 4.78 is 13.0. The van der Waals surface area contributed by atoms with Crippen LogP contribution in [0, 0.1) is 18.2 Å². The molecule has 0 radical (unpaired) electrons. The standard InChI is InChI=1S/C14H17ClFN/c1-3-5-6-7-14(17-4-2)12-9-8-11(16)10-13(12)15/h1,8-10,14,17H,4-7H2,2H3. The monoisotopic (exact) mass is 253 g/mol. The highest BCUT2D eigenvalue weighted by molar-refractivity contribution is 6.31. The van der Waals surface area contributed by atoms with Crippen LogP contribution in [0.3, 0.4) is 0 Å². The predicted octanol–water partition coefficient (Wildman–Crippen LogP) is 3.93. The quantitative estimate of drug-likeness (QED) is 0.598. The van der Waals surface area contributed by atoms with E-state index in [1.54, 1.807) is 6.07 Å². The van der Waals surface area contributed by atoms with Crippen molar-refractivity contribution in [2.45, 2.75) is 32.2 Å². The van der Waals surface area contributed by atoms with Crippen molar-refractivity contribution < 1.29 is 4.39 Å². The number of rotatable bonds is 6. The van der Waals surface area contributed by atoms with Crippen LogP contribution < -0.4 is 5.32 Å². The minimum atomic E-state index is -0.308. The Labute approximate surface area is 107 Å². The van der Waals surface area contributed by atoms with Crippen molar-refractivity contribution in [3.8, 4) is 12.3 Å². The third-order valence-corrected chi connectivity index (χ3v) is 2.93. The molecule has 3 heteroatoms. The van der Waals surface area contributed by atoms with E-state index in [0.717, 1.165) is 31.4 Å². The molecule has 0 heterocycles. The maximum atomic E-state index is 13.0. The zero-order valence-electron chi connectivity index (χ0n) is 9.97. The van der Waals surface area contributed by atoms with Gasteiger partial charge in [-0.2, -0.15) is 0 Å². The Morgan fingerprint density at radius 3 is 2.88 bits per heavy atom. The molecule has 0 aromatic heterocycles. The van der Waals surface area contributed by atoms with Gasteiger partial charge in [-0.25, -0.2) is 4.39 Å². The molecule has 0 fully saturated rings. The molecule has 0 aliphatic carbocycles. The normalized spacial score (nSPS) is 12.1. The molecule has 1 aromatic rings.